The van der Waals surface area contributed by atoms with Gasteiger partial charge >= 0.3 is 0 Å². The van der Waals surface area contributed by atoms with Crippen LogP contribution in [-0.4, -0.2) is 25.6 Å². The van der Waals surface area contributed by atoms with Crippen LogP contribution in [0.4, 0.5) is 21.7 Å². The van der Waals surface area contributed by atoms with Crippen LogP contribution in [0.5, 0.6) is 0 Å². The predicted octanol–water partition coefficient (Wildman–Crippen LogP) is 4.03. The van der Waals surface area contributed by atoms with Crippen LogP contribution in [0.2, 0.25) is 0 Å². The number of hydrogen-bond acceptors (Lipinski definition) is 6. The molecule has 0 unspecified atom stereocenters. The van der Waals surface area contributed by atoms with Gasteiger partial charge in [0.1, 0.15) is 17.6 Å². The molecule has 0 saturated carbocycles. The fraction of sp³-hybridized carbons (Fsp3) is 0.100. The Labute approximate surface area is 165 Å². The van der Waals surface area contributed by atoms with E-state index in [1.54, 1.807) is 29.8 Å². The number of hydrogen-bond donors (Lipinski definition) is 2. The predicted molar refractivity (Wildman–Crippen MR) is 107 cm³/mol. The molecular weight excluding hydrogens is 375 g/mol. The number of halogens is 1. The van der Waals surface area contributed by atoms with Gasteiger partial charge in [0.05, 0.1) is 11.7 Å². The lowest BCUT2D eigenvalue weighted by molar-refractivity contribution is -0.111. The zero-order valence-corrected chi connectivity index (χ0v) is 15.7. The summed E-state index contributed by atoms with van der Waals surface area (Å²) in [5.74, 6) is -0.568. The Morgan fingerprint density at radius 3 is 2.90 bits per heavy atom. The van der Waals surface area contributed by atoms with E-state index in [2.05, 4.69) is 32.3 Å². The topological polar surface area (TPSA) is 97.9 Å². The van der Waals surface area contributed by atoms with E-state index in [-0.39, 0.29) is 17.7 Å². The van der Waals surface area contributed by atoms with Crippen LogP contribution in [0.25, 0.3) is 16.7 Å². The molecule has 146 valence electrons. The first-order valence-electron chi connectivity index (χ1n) is 8.72. The van der Waals surface area contributed by atoms with Crippen molar-refractivity contribution in [1.29, 1.82) is 0 Å². The Kier molecular flexibility index (Phi) is 4.55. The molecule has 1 amide bonds. The van der Waals surface area contributed by atoms with Gasteiger partial charge in [0, 0.05) is 17.3 Å². The van der Waals surface area contributed by atoms with Crippen LogP contribution in [-0.2, 0) is 4.79 Å². The number of carbonyl (C=O) groups excluding carboxylic acids is 1. The number of amides is 1. The largest absolute Gasteiger partial charge is 0.362 e. The van der Waals surface area contributed by atoms with Gasteiger partial charge < -0.3 is 15.2 Å². The molecular formula is C20H17FN6O2. The van der Waals surface area contributed by atoms with Gasteiger partial charge in [-0.1, -0.05) is 11.7 Å². The van der Waals surface area contributed by atoms with E-state index in [0.29, 0.717) is 17.1 Å². The van der Waals surface area contributed by atoms with Crippen molar-refractivity contribution in [3.8, 4) is 5.82 Å². The van der Waals surface area contributed by atoms with Crippen molar-refractivity contribution in [2.45, 2.75) is 13.8 Å². The quantitative estimate of drug-likeness (QED) is 0.498. The fourth-order valence-corrected chi connectivity index (χ4v) is 2.96. The fourth-order valence-electron chi connectivity index (χ4n) is 2.96. The summed E-state index contributed by atoms with van der Waals surface area (Å²) in [5, 5.41) is 10.3. The highest BCUT2D eigenvalue weighted by Gasteiger charge is 2.15. The summed E-state index contributed by atoms with van der Waals surface area (Å²) in [6.45, 7) is 7.11. The van der Waals surface area contributed by atoms with E-state index in [4.69, 9.17) is 4.52 Å². The molecule has 0 radical (unpaired) electrons. The third-order valence-corrected chi connectivity index (χ3v) is 4.41. The Hall–Kier alpha value is -4.01. The summed E-state index contributed by atoms with van der Waals surface area (Å²) in [6.07, 6.45) is 5.51. The Balaban J connectivity index is 1.76. The number of anilines is 3. The number of nitrogens with zero attached hydrogens (tertiary/aromatic N) is 4. The number of benzene rings is 1. The van der Waals surface area contributed by atoms with Crippen LogP contribution < -0.4 is 10.6 Å². The lowest BCUT2D eigenvalue weighted by Crippen LogP contribution is -2.07. The molecule has 0 spiro atoms. The second-order valence-electron chi connectivity index (χ2n) is 6.41. The smallest absolute Gasteiger partial charge is 0.247 e. The molecule has 1 aromatic carbocycles. The first kappa shape index (κ1) is 18.4. The van der Waals surface area contributed by atoms with Crippen LogP contribution in [0.15, 0.2) is 54.0 Å². The van der Waals surface area contributed by atoms with Crippen molar-refractivity contribution in [3.05, 3.63) is 66.6 Å². The normalized spacial score (nSPS) is 10.9. The molecule has 0 aliphatic carbocycles. The highest BCUT2D eigenvalue weighted by atomic mass is 19.1. The van der Waals surface area contributed by atoms with E-state index in [9.17, 15) is 9.18 Å². The minimum absolute atomic E-state index is 0.0950. The average molecular weight is 392 g/mol. The number of rotatable bonds is 5. The molecule has 4 aromatic rings. The van der Waals surface area contributed by atoms with Gasteiger partial charge in [0.25, 0.3) is 0 Å². The van der Waals surface area contributed by atoms with Crippen molar-refractivity contribution in [1.82, 2.24) is 19.7 Å². The van der Waals surface area contributed by atoms with Gasteiger partial charge in [-0.05, 0) is 43.7 Å². The zero-order valence-electron chi connectivity index (χ0n) is 15.7. The molecule has 0 fully saturated rings. The molecule has 3 heterocycles. The Morgan fingerprint density at radius 1 is 1.34 bits per heavy atom. The molecule has 0 bridgehead atoms. The summed E-state index contributed by atoms with van der Waals surface area (Å²) in [6, 6.07) is 5.35. The Morgan fingerprint density at radius 2 is 2.17 bits per heavy atom. The highest BCUT2D eigenvalue weighted by molar-refractivity contribution is 6.00. The van der Waals surface area contributed by atoms with Gasteiger partial charge in [0.2, 0.25) is 11.9 Å². The molecule has 9 heteroatoms. The maximum absolute atomic E-state index is 14.6. The standard InChI is InChI=1S/C20H17FN6O2/c1-4-18(28)23-13-5-6-17-14(7-13)11(2)9-27(17)19-15(21)8-22-20(25-19)24-16-10-29-26-12(16)3/h4-10H,1H2,2-3H3,(H,23,28)(H,22,24,25). The van der Waals surface area contributed by atoms with Crippen molar-refractivity contribution >= 4 is 34.1 Å². The monoisotopic (exact) mass is 392 g/mol. The van der Waals surface area contributed by atoms with Gasteiger partial charge in [0.15, 0.2) is 11.6 Å². The number of nitrogens with one attached hydrogen (secondary N) is 2. The summed E-state index contributed by atoms with van der Waals surface area (Å²) in [5.41, 5.74) is 3.49. The summed E-state index contributed by atoms with van der Waals surface area (Å²) in [4.78, 5) is 19.9. The minimum Gasteiger partial charge on any atom is -0.362 e. The van der Waals surface area contributed by atoms with E-state index in [1.807, 2.05) is 13.0 Å². The van der Waals surface area contributed by atoms with Gasteiger partial charge in [-0.15, -0.1) is 0 Å². The van der Waals surface area contributed by atoms with Crippen molar-refractivity contribution in [2.24, 2.45) is 0 Å². The van der Waals surface area contributed by atoms with Crippen LogP contribution in [0.3, 0.4) is 0 Å². The van der Waals surface area contributed by atoms with E-state index in [0.717, 1.165) is 22.7 Å². The third-order valence-electron chi connectivity index (χ3n) is 4.41. The SMILES string of the molecule is C=CC(=O)Nc1ccc2c(c1)c(C)cn2-c1nc(Nc2conc2C)ncc1F. The Bertz CT molecular complexity index is 1240. The third kappa shape index (κ3) is 3.45. The number of aryl methyl sites for hydroxylation is 2. The van der Waals surface area contributed by atoms with Crippen LogP contribution in [0, 0.1) is 19.7 Å². The van der Waals surface area contributed by atoms with E-state index >= 15 is 0 Å². The average Bonchev–Trinajstić information content (AvgIpc) is 3.26. The van der Waals surface area contributed by atoms with Gasteiger partial charge in [-0.3, -0.25) is 9.36 Å². The highest BCUT2D eigenvalue weighted by Crippen LogP contribution is 2.28. The molecule has 0 saturated heterocycles. The lowest BCUT2D eigenvalue weighted by Gasteiger charge is -2.09. The number of aromatic nitrogens is 4. The van der Waals surface area contributed by atoms with Crippen molar-refractivity contribution in [2.75, 3.05) is 10.6 Å². The summed E-state index contributed by atoms with van der Waals surface area (Å²) < 4.78 is 21.1. The molecule has 0 aliphatic heterocycles. The van der Waals surface area contributed by atoms with E-state index in [1.165, 1.54) is 12.3 Å². The first-order valence-corrected chi connectivity index (χ1v) is 8.72. The van der Waals surface area contributed by atoms with Crippen molar-refractivity contribution < 1.29 is 13.7 Å². The van der Waals surface area contributed by atoms with Crippen LogP contribution >= 0.6 is 0 Å². The molecule has 0 aliphatic rings. The molecule has 29 heavy (non-hydrogen) atoms. The summed E-state index contributed by atoms with van der Waals surface area (Å²) in [7, 11) is 0. The van der Waals surface area contributed by atoms with Gasteiger partial charge in [-0.2, -0.15) is 4.98 Å². The molecule has 4 rings (SSSR count). The maximum atomic E-state index is 14.6. The molecule has 0 atom stereocenters. The summed E-state index contributed by atoms with van der Waals surface area (Å²) >= 11 is 0. The van der Waals surface area contributed by atoms with E-state index < -0.39 is 5.82 Å². The minimum atomic E-state index is -0.571. The first-order chi connectivity index (χ1) is 14.0. The molecule has 8 nitrogen and oxygen atoms in total. The van der Waals surface area contributed by atoms with Gasteiger partial charge in [-0.25, -0.2) is 9.37 Å². The second kappa shape index (κ2) is 7.19. The molecule has 2 N–H and O–H groups in total. The molecule has 3 aromatic heterocycles. The maximum Gasteiger partial charge on any atom is 0.247 e. The lowest BCUT2D eigenvalue weighted by atomic mass is 10.2. The second-order valence-corrected chi connectivity index (χ2v) is 6.41. The zero-order chi connectivity index (χ0) is 20.5. The number of fused-ring (bicyclic) bond motifs is 1. The van der Waals surface area contributed by atoms with Crippen molar-refractivity contribution in [3.63, 3.8) is 0 Å². The number of carbonyl (C=O) groups is 1. The van der Waals surface area contributed by atoms with Crippen LogP contribution in [0.1, 0.15) is 11.3 Å².